The maximum atomic E-state index is 8.97. The van der Waals surface area contributed by atoms with Gasteiger partial charge in [0.1, 0.15) is 5.75 Å². The Labute approximate surface area is 113 Å². The fourth-order valence-corrected chi connectivity index (χ4v) is 1.60. The Kier molecular flexibility index (Phi) is 7.50. The van der Waals surface area contributed by atoms with Crippen LogP contribution in [0.3, 0.4) is 0 Å². The van der Waals surface area contributed by atoms with Crippen LogP contribution in [0.5, 0.6) is 17.2 Å². The van der Waals surface area contributed by atoms with E-state index in [0.717, 1.165) is 5.56 Å². The molecule has 0 amide bonds. The first-order valence-corrected chi connectivity index (χ1v) is 5.31. The molecule has 0 radical (unpaired) electrons. The Bertz CT molecular complexity index is 373. The minimum atomic E-state index is -0.318. The van der Waals surface area contributed by atoms with E-state index in [9.17, 15) is 0 Å². The van der Waals surface area contributed by atoms with Crippen LogP contribution in [0.1, 0.15) is 5.56 Å². The number of rotatable bonds is 6. The molecule has 0 saturated heterocycles. The van der Waals surface area contributed by atoms with E-state index in [2.05, 4.69) is 0 Å². The zero-order valence-corrected chi connectivity index (χ0v) is 11.6. The summed E-state index contributed by atoms with van der Waals surface area (Å²) >= 11 is 0. The Hall–Kier alpha value is -1.17. The first-order chi connectivity index (χ1) is 8.15. The van der Waals surface area contributed by atoms with Gasteiger partial charge in [0.05, 0.1) is 27.9 Å². The van der Waals surface area contributed by atoms with Crippen LogP contribution in [0.2, 0.25) is 0 Å². The number of hydrogen-bond acceptors (Lipinski definition) is 5. The number of benzene rings is 1. The zero-order chi connectivity index (χ0) is 12.8. The van der Waals surface area contributed by atoms with Crippen molar-refractivity contribution in [1.29, 1.82) is 0 Å². The highest BCUT2D eigenvalue weighted by atomic mass is 35.5. The highest BCUT2D eigenvalue weighted by Crippen LogP contribution is 2.34. The molecule has 0 aromatic heterocycles. The van der Waals surface area contributed by atoms with Gasteiger partial charge < -0.3 is 25.1 Å². The van der Waals surface area contributed by atoms with Crippen LogP contribution in [-0.4, -0.2) is 39.1 Å². The van der Waals surface area contributed by atoms with Gasteiger partial charge in [-0.3, -0.25) is 0 Å². The number of nitrogens with two attached hydrogens (primary N) is 1. The zero-order valence-electron chi connectivity index (χ0n) is 10.8. The van der Waals surface area contributed by atoms with Crippen LogP contribution in [0.4, 0.5) is 0 Å². The van der Waals surface area contributed by atoms with E-state index >= 15 is 0 Å². The van der Waals surface area contributed by atoms with Gasteiger partial charge in [-0.2, -0.15) is 0 Å². The molecule has 0 fully saturated rings. The largest absolute Gasteiger partial charge is 0.496 e. The van der Waals surface area contributed by atoms with Crippen LogP contribution in [0.15, 0.2) is 12.1 Å². The van der Waals surface area contributed by atoms with E-state index in [1.165, 1.54) is 0 Å². The fraction of sp³-hybridized carbons (Fsp3) is 0.500. The SMILES string of the molecule is COc1cc(OC)c(OC)cc1CC(N)CO.Cl. The Morgan fingerprint density at radius 3 is 2.00 bits per heavy atom. The average molecular weight is 278 g/mol. The van der Waals surface area contributed by atoms with Crippen molar-refractivity contribution in [2.45, 2.75) is 12.5 Å². The molecule has 5 nitrogen and oxygen atoms in total. The molecule has 1 aromatic rings. The quantitative estimate of drug-likeness (QED) is 0.811. The molecule has 104 valence electrons. The summed E-state index contributed by atoms with van der Waals surface area (Å²) in [7, 11) is 4.71. The molecule has 1 aromatic carbocycles. The minimum absolute atomic E-state index is 0. The van der Waals surface area contributed by atoms with Crippen molar-refractivity contribution in [2.75, 3.05) is 27.9 Å². The lowest BCUT2D eigenvalue weighted by atomic mass is 10.0. The molecule has 0 heterocycles. The summed E-state index contributed by atoms with van der Waals surface area (Å²) in [5.41, 5.74) is 6.59. The number of hydrogen-bond donors (Lipinski definition) is 2. The third kappa shape index (κ3) is 3.94. The van der Waals surface area contributed by atoms with Gasteiger partial charge >= 0.3 is 0 Å². The summed E-state index contributed by atoms with van der Waals surface area (Å²) in [6, 6.07) is 3.24. The summed E-state index contributed by atoms with van der Waals surface area (Å²) in [5.74, 6) is 1.89. The summed E-state index contributed by atoms with van der Waals surface area (Å²) in [6.07, 6.45) is 0.514. The van der Waals surface area contributed by atoms with Gasteiger partial charge in [-0.25, -0.2) is 0 Å². The maximum Gasteiger partial charge on any atom is 0.164 e. The average Bonchev–Trinajstić information content (AvgIpc) is 2.37. The van der Waals surface area contributed by atoms with Crippen LogP contribution < -0.4 is 19.9 Å². The van der Waals surface area contributed by atoms with E-state index in [0.29, 0.717) is 23.7 Å². The fourth-order valence-electron chi connectivity index (χ4n) is 1.60. The Morgan fingerprint density at radius 1 is 1.06 bits per heavy atom. The van der Waals surface area contributed by atoms with Gasteiger partial charge in [0, 0.05) is 12.1 Å². The van der Waals surface area contributed by atoms with Crippen molar-refractivity contribution in [1.82, 2.24) is 0 Å². The second-order valence-electron chi connectivity index (χ2n) is 3.67. The lowest BCUT2D eigenvalue weighted by molar-refractivity contribution is 0.264. The van der Waals surface area contributed by atoms with Gasteiger partial charge in [-0.15, -0.1) is 12.4 Å². The molecular weight excluding hydrogens is 258 g/mol. The van der Waals surface area contributed by atoms with E-state index in [4.69, 9.17) is 25.1 Å². The third-order valence-corrected chi connectivity index (χ3v) is 2.50. The van der Waals surface area contributed by atoms with Crippen molar-refractivity contribution in [3.05, 3.63) is 17.7 Å². The van der Waals surface area contributed by atoms with Crippen molar-refractivity contribution >= 4 is 12.4 Å². The Morgan fingerprint density at radius 2 is 1.56 bits per heavy atom. The summed E-state index contributed by atoms with van der Waals surface area (Å²) in [6.45, 7) is -0.0719. The smallest absolute Gasteiger partial charge is 0.164 e. The van der Waals surface area contributed by atoms with Gasteiger partial charge in [-0.05, 0) is 18.1 Å². The standard InChI is InChI=1S/C12H19NO4.ClH/c1-15-10-6-12(17-3)11(16-2)5-8(10)4-9(13)7-14;/h5-6,9,14H,4,7,13H2,1-3H3;1H. The molecule has 6 heteroatoms. The van der Waals surface area contributed by atoms with Crippen molar-refractivity contribution in [2.24, 2.45) is 5.73 Å². The van der Waals surface area contributed by atoms with Crippen LogP contribution in [-0.2, 0) is 6.42 Å². The summed E-state index contributed by atoms with van der Waals surface area (Å²) < 4.78 is 15.6. The van der Waals surface area contributed by atoms with Crippen LogP contribution in [0, 0.1) is 0 Å². The molecule has 0 saturated carbocycles. The highest BCUT2D eigenvalue weighted by Gasteiger charge is 2.13. The van der Waals surface area contributed by atoms with Crippen LogP contribution in [0.25, 0.3) is 0 Å². The van der Waals surface area contributed by atoms with Crippen molar-refractivity contribution < 1.29 is 19.3 Å². The predicted molar refractivity (Wildman–Crippen MR) is 72.1 cm³/mol. The number of aliphatic hydroxyl groups excluding tert-OH is 1. The summed E-state index contributed by atoms with van der Waals surface area (Å²) in [4.78, 5) is 0. The van der Waals surface area contributed by atoms with E-state index in [-0.39, 0.29) is 25.1 Å². The first-order valence-electron chi connectivity index (χ1n) is 5.31. The van der Waals surface area contributed by atoms with E-state index < -0.39 is 0 Å². The van der Waals surface area contributed by atoms with Gasteiger partial charge in [-0.1, -0.05) is 0 Å². The molecule has 0 aliphatic carbocycles. The normalized spacial score (nSPS) is 11.4. The lowest BCUT2D eigenvalue weighted by Crippen LogP contribution is -2.27. The molecule has 0 aliphatic heterocycles. The maximum absolute atomic E-state index is 8.97. The molecule has 18 heavy (non-hydrogen) atoms. The van der Waals surface area contributed by atoms with Crippen molar-refractivity contribution in [3.63, 3.8) is 0 Å². The molecular formula is C12H20ClNO4. The Balaban J connectivity index is 0.00000289. The van der Waals surface area contributed by atoms with Crippen molar-refractivity contribution in [3.8, 4) is 17.2 Å². The number of halogens is 1. The molecule has 3 N–H and O–H groups in total. The number of aliphatic hydroxyl groups is 1. The minimum Gasteiger partial charge on any atom is -0.496 e. The number of methoxy groups -OCH3 is 3. The predicted octanol–water partition coefficient (Wildman–Crippen LogP) is 0.996. The topological polar surface area (TPSA) is 73.9 Å². The van der Waals surface area contributed by atoms with Gasteiger partial charge in [0.2, 0.25) is 0 Å². The second kappa shape index (κ2) is 8.02. The molecule has 1 rings (SSSR count). The number of ether oxygens (including phenoxy) is 3. The van der Waals surface area contributed by atoms with E-state index in [1.807, 2.05) is 6.07 Å². The molecule has 0 bridgehead atoms. The molecule has 1 unspecified atom stereocenters. The van der Waals surface area contributed by atoms with E-state index in [1.54, 1.807) is 27.4 Å². The van der Waals surface area contributed by atoms with Gasteiger partial charge in [0.25, 0.3) is 0 Å². The first kappa shape index (κ1) is 16.8. The van der Waals surface area contributed by atoms with Gasteiger partial charge in [0.15, 0.2) is 11.5 Å². The summed E-state index contributed by atoms with van der Waals surface area (Å²) in [5, 5.41) is 8.97. The lowest BCUT2D eigenvalue weighted by Gasteiger charge is -2.15. The molecule has 0 spiro atoms. The highest BCUT2D eigenvalue weighted by molar-refractivity contribution is 5.85. The third-order valence-electron chi connectivity index (χ3n) is 2.50. The monoisotopic (exact) mass is 277 g/mol. The molecule has 1 atom stereocenters. The van der Waals surface area contributed by atoms with Crippen LogP contribution >= 0.6 is 12.4 Å². The second-order valence-corrected chi connectivity index (χ2v) is 3.67. The molecule has 0 aliphatic rings.